The maximum absolute atomic E-state index is 2.21. The van der Waals surface area contributed by atoms with Crippen molar-refractivity contribution in [2.45, 2.75) is 0 Å². The average Bonchev–Trinajstić information content (AvgIpc) is 2.21. The van der Waals surface area contributed by atoms with Gasteiger partial charge in [0.1, 0.15) is 0 Å². The van der Waals surface area contributed by atoms with E-state index in [-0.39, 0.29) is 73.9 Å². The molecule has 0 aliphatic rings. The van der Waals surface area contributed by atoms with Crippen molar-refractivity contribution < 1.29 is 49.4 Å². The normalized spacial score (nSPS) is 6.40. The standard InChI is InChI=1S/C12H10I.6FH.Sb/c1-3-7-11(8-4-1)13-12-9-5-2-6-10-12;;;;;;;/h1-10H;6*1H;/q+1;;;;;;;. The van der Waals surface area contributed by atoms with Crippen LogP contribution in [0.3, 0.4) is 0 Å². The van der Waals surface area contributed by atoms with Crippen molar-refractivity contribution in [1.82, 2.24) is 0 Å². The first-order valence-corrected chi connectivity index (χ1v) is 6.36. The average molecular weight is 523 g/mol. The summed E-state index contributed by atoms with van der Waals surface area (Å²) in [4.78, 5) is 0. The van der Waals surface area contributed by atoms with Crippen LogP contribution in [0.2, 0.25) is 0 Å². The van der Waals surface area contributed by atoms with E-state index in [1.54, 1.807) is 0 Å². The van der Waals surface area contributed by atoms with Crippen molar-refractivity contribution >= 4 is 24.4 Å². The van der Waals surface area contributed by atoms with Gasteiger partial charge in [-0.05, 0) is 24.3 Å². The van der Waals surface area contributed by atoms with Crippen molar-refractivity contribution in [3.05, 3.63) is 67.8 Å². The van der Waals surface area contributed by atoms with Gasteiger partial charge in [-0.25, -0.2) is 0 Å². The zero-order valence-electron chi connectivity index (χ0n) is 10.0. The van der Waals surface area contributed by atoms with Gasteiger partial charge >= 0.3 is 21.2 Å². The smallest absolute Gasteiger partial charge is 0.269 e. The van der Waals surface area contributed by atoms with Crippen LogP contribution in [0.1, 0.15) is 0 Å². The van der Waals surface area contributed by atoms with Crippen LogP contribution >= 0.6 is 0 Å². The van der Waals surface area contributed by atoms with Crippen molar-refractivity contribution in [2.75, 3.05) is 0 Å². The van der Waals surface area contributed by atoms with Crippen LogP contribution in [-0.4, -0.2) is 24.4 Å². The van der Waals surface area contributed by atoms with E-state index in [2.05, 4.69) is 60.7 Å². The van der Waals surface area contributed by atoms with Crippen LogP contribution < -0.4 is 21.2 Å². The number of rotatable bonds is 2. The van der Waals surface area contributed by atoms with Gasteiger partial charge < -0.3 is 0 Å². The Morgan fingerprint density at radius 3 is 0.950 bits per heavy atom. The molecule has 0 nitrogen and oxygen atoms in total. The van der Waals surface area contributed by atoms with Gasteiger partial charge in [0.05, 0.1) is 0 Å². The van der Waals surface area contributed by atoms with E-state index in [0.29, 0.717) is 0 Å². The second-order valence-corrected chi connectivity index (χ2v) is 5.72. The summed E-state index contributed by atoms with van der Waals surface area (Å²) < 4.78 is 2.96. The maximum atomic E-state index is 2.21. The van der Waals surface area contributed by atoms with Crippen molar-refractivity contribution in [3.8, 4) is 0 Å². The van der Waals surface area contributed by atoms with E-state index >= 15 is 0 Å². The number of benzene rings is 2. The van der Waals surface area contributed by atoms with E-state index in [0.717, 1.165) is 0 Å². The quantitative estimate of drug-likeness (QED) is 0.303. The van der Waals surface area contributed by atoms with E-state index in [1.165, 1.54) is 7.14 Å². The van der Waals surface area contributed by atoms with Crippen molar-refractivity contribution in [3.63, 3.8) is 0 Å². The molecule has 8 heteroatoms. The minimum Gasteiger partial charge on any atom is -0.269 e. The molecule has 2 aromatic rings. The minimum atomic E-state index is 0. The molecule has 0 aromatic heterocycles. The van der Waals surface area contributed by atoms with Crippen LogP contribution in [0.5, 0.6) is 0 Å². The monoisotopic (exact) mass is 522 g/mol. The SMILES string of the molecule is F.F.F.F.F.F.[Sb].c1ccc([I+]c2ccccc2)cc1. The first-order valence-electron chi connectivity index (χ1n) is 4.20. The summed E-state index contributed by atoms with van der Waals surface area (Å²) >= 11 is 0.0287. The number of hydrogen-bond donors (Lipinski definition) is 0. The third kappa shape index (κ3) is 12.6. The van der Waals surface area contributed by atoms with Crippen molar-refractivity contribution in [1.29, 1.82) is 0 Å². The molecule has 0 amide bonds. The summed E-state index contributed by atoms with van der Waals surface area (Å²) in [6.45, 7) is 0. The van der Waals surface area contributed by atoms with E-state index in [9.17, 15) is 0 Å². The molecule has 2 aromatic carbocycles. The molecule has 0 bridgehead atoms. The summed E-state index contributed by atoms with van der Waals surface area (Å²) in [7, 11) is 0. The Kier molecular flexibility index (Phi) is 38.3. The fourth-order valence-corrected chi connectivity index (χ4v) is 3.35. The van der Waals surface area contributed by atoms with Gasteiger partial charge in [0.25, 0.3) is 0 Å². The molecule has 0 saturated heterocycles. The van der Waals surface area contributed by atoms with Crippen LogP contribution in [0.15, 0.2) is 60.7 Å². The molecule has 0 aliphatic heterocycles. The third-order valence-electron chi connectivity index (χ3n) is 1.68. The molecule has 0 N–H and O–H groups in total. The van der Waals surface area contributed by atoms with E-state index in [4.69, 9.17) is 0 Å². The Labute approximate surface area is 141 Å². The zero-order chi connectivity index (χ0) is 8.93. The first kappa shape index (κ1) is 36.6. The van der Waals surface area contributed by atoms with Gasteiger partial charge in [-0.15, -0.1) is 0 Å². The maximum Gasteiger partial charge on any atom is 0.357 e. The molecular formula is C12H16F6ISb+. The van der Waals surface area contributed by atoms with Crippen LogP contribution in [0, 0.1) is 7.14 Å². The van der Waals surface area contributed by atoms with Gasteiger partial charge in [-0.2, -0.15) is 0 Å². The summed E-state index contributed by atoms with van der Waals surface area (Å²) in [5.41, 5.74) is 0. The summed E-state index contributed by atoms with van der Waals surface area (Å²) in [6.07, 6.45) is 0. The Hall–Kier alpha value is -0.432. The van der Waals surface area contributed by atoms with Gasteiger partial charge in [0.15, 0.2) is 7.14 Å². The molecule has 0 fully saturated rings. The van der Waals surface area contributed by atoms with Gasteiger partial charge in [-0.1, -0.05) is 36.4 Å². The Bertz CT molecular complexity index is 339. The third-order valence-corrected chi connectivity index (χ3v) is 4.37. The Morgan fingerprint density at radius 2 is 0.700 bits per heavy atom. The van der Waals surface area contributed by atoms with Gasteiger partial charge in [0, 0.05) is 24.4 Å². The molecule has 0 unspecified atom stereocenters. The van der Waals surface area contributed by atoms with Gasteiger partial charge in [-0.3, -0.25) is 28.2 Å². The summed E-state index contributed by atoms with van der Waals surface area (Å²) in [5.74, 6) is 0. The van der Waals surface area contributed by atoms with Crippen LogP contribution in [0.25, 0.3) is 0 Å². The molecular weight excluding hydrogens is 507 g/mol. The van der Waals surface area contributed by atoms with Gasteiger partial charge in [0.2, 0.25) is 0 Å². The molecule has 0 aliphatic carbocycles. The molecule has 117 valence electrons. The molecule has 3 radical (unpaired) electrons. The predicted molar refractivity (Wildman–Crippen MR) is 71.1 cm³/mol. The molecule has 0 atom stereocenters. The fourth-order valence-electron chi connectivity index (χ4n) is 1.08. The second kappa shape index (κ2) is 20.9. The minimum absolute atomic E-state index is 0. The largest absolute Gasteiger partial charge is 0.357 e. The van der Waals surface area contributed by atoms with Crippen LogP contribution in [-0.2, 0) is 0 Å². The van der Waals surface area contributed by atoms with E-state index < -0.39 is 0 Å². The van der Waals surface area contributed by atoms with Crippen molar-refractivity contribution in [2.24, 2.45) is 0 Å². The summed E-state index contributed by atoms with van der Waals surface area (Å²) in [6, 6.07) is 21.4. The van der Waals surface area contributed by atoms with Crippen LogP contribution in [0.4, 0.5) is 28.2 Å². The fraction of sp³-hybridized carbons (Fsp3) is 0. The topological polar surface area (TPSA) is 0 Å². The second-order valence-electron chi connectivity index (χ2n) is 2.69. The number of halogens is 7. The molecule has 20 heavy (non-hydrogen) atoms. The predicted octanol–water partition coefficient (Wildman–Crippen LogP) is 0.349. The molecule has 2 rings (SSSR count). The molecule has 0 heterocycles. The van der Waals surface area contributed by atoms with E-state index in [1.807, 2.05) is 0 Å². The zero-order valence-corrected chi connectivity index (χ0v) is 14.8. The Morgan fingerprint density at radius 1 is 0.450 bits per heavy atom. The first-order chi connectivity index (χ1) is 6.45. The Balaban J connectivity index is -0.0000000700. The summed E-state index contributed by atoms with van der Waals surface area (Å²) in [5, 5.41) is 0. The number of hydrogen-bond acceptors (Lipinski definition) is 0. The molecule has 0 spiro atoms. The molecule has 0 saturated carbocycles.